The summed E-state index contributed by atoms with van der Waals surface area (Å²) in [5.74, 6) is -0.452. The molecule has 7 heteroatoms. The minimum atomic E-state index is -4.43. The lowest BCUT2D eigenvalue weighted by atomic mass is 10.2. The molecule has 0 fully saturated rings. The summed E-state index contributed by atoms with van der Waals surface area (Å²) in [6.07, 6.45) is -4.43. The lowest BCUT2D eigenvalue weighted by Gasteiger charge is -2.19. The minimum absolute atomic E-state index is 0.181. The minimum Gasteiger partial charge on any atom is -0.484 e. The summed E-state index contributed by atoms with van der Waals surface area (Å²) in [5.41, 5.74) is 0.591. The summed E-state index contributed by atoms with van der Waals surface area (Å²) in [6.45, 7) is -1.98. The van der Waals surface area contributed by atoms with Crippen LogP contribution >= 0.6 is 0 Å². The van der Waals surface area contributed by atoms with E-state index in [1.807, 2.05) is 0 Å². The molecule has 0 bridgehead atoms. The molecule has 0 saturated heterocycles. The zero-order valence-corrected chi connectivity index (χ0v) is 10.3. The van der Waals surface area contributed by atoms with E-state index < -0.39 is 25.2 Å². The lowest BCUT2D eigenvalue weighted by Crippen LogP contribution is -2.38. The Balaban J connectivity index is 2.49. The first-order valence-electron chi connectivity index (χ1n) is 5.45. The Kier molecular flexibility index (Phi) is 5.17. The Bertz CT molecular complexity index is 434. The third-order valence-corrected chi connectivity index (χ3v) is 2.29. The normalized spacial score (nSPS) is 11.2. The van der Waals surface area contributed by atoms with Crippen LogP contribution in [0, 0.1) is 0 Å². The molecule has 1 aromatic rings. The molecule has 0 aliphatic heterocycles. The zero-order valence-electron chi connectivity index (χ0n) is 10.3. The van der Waals surface area contributed by atoms with Crippen LogP contribution in [-0.4, -0.2) is 42.3 Å². The molecule has 0 spiro atoms. The first-order chi connectivity index (χ1) is 8.81. The molecule has 0 atom stereocenters. The number of carbonyl (C=O) groups excluding carboxylic acids is 1. The van der Waals surface area contributed by atoms with E-state index in [1.54, 1.807) is 18.2 Å². The Hall–Kier alpha value is -1.76. The highest BCUT2D eigenvalue weighted by atomic mass is 19.4. The zero-order chi connectivity index (χ0) is 14.5. The molecular weight excluding hydrogens is 263 g/mol. The van der Waals surface area contributed by atoms with Gasteiger partial charge in [-0.1, -0.05) is 12.1 Å². The number of likely N-dealkylation sites (N-methyl/N-ethyl adjacent to an activating group) is 1. The second-order valence-corrected chi connectivity index (χ2v) is 3.96. The van der Waals surface area contributed by atoms with Gasteiger partial charge in [0.15, 0.2) is 6.61 Å². The highest BCUT2D eigenvalue weighted by molar-refractivity contribution is 5.77. The molecule has 1 amide bonds. The second kappa shape index (κ2) is 6.42. The van der Waals surface area contributed by atoms with Crippen molar-refractivity contribution in [1.29, 1.82) is 0 Å². The van der Waals surface area contributed by atoms with Crippen LogP contribution in [0.15, 0.2) is 24.3 Å². The number of ether oxygens (including phenoxy) is 1. The lowest BCUT2D eigenvalue weighted by molar-refractivity contribution is -0.159. The average molecular weight is 277 g/mol. The molecule has 0 aromatic heterocycles. The molecule has 1 aromatic carbocycles. The molecule has 0 saturated carbocycles. The van der Waals surface area contributed by atoms with Gasteiger partial charge in [-0.15, -0.1) is 0 Å². The van der Waals surface area contributed by atoms with Crippen LogP contribution in [0.4, 0.5) is 13.2 Å². The third-order valence-electron chi connectivity index (χ3n) is 2.29. The van der Waals surface area contributed by atoms with Crippen LogP contribution in [-0.2, 0) is 11.4 Å². The van der Waals surface area contributed by atoms with E-state index in [2.05, 4.69) is 0 Å². The maximum atomic E-state index is 12.1. The summed E-state index contributed by atoms with van der Waals surface area (Å²) in [7, 11) is 1.06. The van der Waals surface area contributed by atoms with Gasteiger partial charge in [-0.25, -0.2) is 0 Å². The van der Waals surface area contributed by atoms with E-state index in [4.69, 9.17) is 9.84 Å². The standard InChI is InChI=1S/C12H14F3NO3/c1-16(8-12(13,14)15)11(18)7-19-10-4-2-3-9(5-10)6-17/h2-5,17H,6-8H2,1H3. The van der Waals surface area contributed by atoms with E-state index in [0.29, 0.717) is 16.2 Å². The van der Waals surface area contributed by atoms with Crippen molar-refractivity contribution in [2.24, 2.45) is 0 Å². The average Bonchev–Trinajstić information content (AvgIpc) is 2.34. The van der Waals surface area contributed by atoms with Gasteiger partial charge in [-0.05, 0) is 17.7 Å². The van der Waals surface area contributed by atoms with E-state index in [1.165, 1.54) is 6.07 Å². The topological polar surface area (TPSA) is 49.8 Å². The van der Waals surface area contributed by atoms with Gasteiger partial charge in [0.25, 0.3) is 5.91 Å². The monoisotopic (exact) mass is 277 g/mol. The van der Waals surface area contributed by atoms with Crippen LogP contribution < -0.4 is 4.74 Å². The Morgan fingerprint density at radius 1 is 1.42 bits per heavy atom. The van der Waals surface area contributed by atoms with Crippen LogP contribution in [0.3, 0.4) is 0 Å². The predicted octanol–water partition coefficient (Wildman–Crippen LogP) is 1.58. The second-order valence-electron chi connectivity index (χ2n) is 3.96. The number of hydrogen-bond acceptors (Lipinski definition) is 3. The van der Waals surface area contributed by atoms with Crippen LogP contribution in [0.25, 0.3) is 0 Å². The van der Waals surface area contributed by atoms with Gasteiger partial charge in [0.1, 0.15) is 12.3 Å². The molecule has 0 aliphatic carbocycles. The van der Waals surface area contributed by atoms with Gasteiger partial charge >= 0.3 is 6.18 Å². The fourth-order valence-electron chi connectivity index (χ4n) is 1.35. The highest BCUT2D eigenvalue weighted by Crippen LogP contribution is 2.16. The van der Waals surface area contributed by atoms with Crippen molar-refractivity contribution in [3.8, 4) is 5.75 Å². The molecule has 106 valence electrons. The number of rotatable bonds is 5. The number of alkyl halides is 3. The first-order valence-corrected chi connectivity index (χ1v) is 5.45. The highest BCUT2D eigenvalue weighted by Gasteiger charge is 2.31. The van der Waals surface area contributed by atoms with Gasteiger partial charge in [0, 0.05) is 7.05 Å². The van der Waals surface area contributed by atoms with Gasteiger partial charge in [0.2, 0.25) is 0 Å². The SMILES string of the molecule is CN(CC(F)(F)F)C(=O)COc1cccc(CO)c1. The molecule has 1 rings (SSSR count). The van der Waals surface area contributed by atoms with E-state index in [9.17, 15) is 18.0 Å². The number of halogens is 3. The molecule has 0 unspecified atom stereocenters. The molecule has 4 nitrogen and oxygen atoms in total. The Morgan fingerprint density at radius 3 is 2.68 bits per heavy atom. The van der Waals surface area contributed by atoms with Crippen molar-refractivity contribution < 1.29 is 27.8 Å². The summed E-state index contributed by atoms with van der Waals surface area (Å²) in [6, 6.07) is 6.34. The fourth-order valence-corrected chi connectivity index (χ4v) is 1.35. The van der Waals surface area contributed by atoms with E-state index in [-0.39, 0.29) is 6.61 Å². The Morgan fingerprint density at radius 2 is 2.11 bits per heavy atom. The number of hydrogen-bond donors (Lipinski definition) is 1. The number of carbonyl (C=O) groups is 1. The predicted molar refractivity (Wildman–Crippen MR) is 61.6 cm³/mol. The molecule has 0 radical (unpaired) electrons. The van der Waals surface area contributed by atoms with Crippen molar-refractivity contribution in [3.05, 3.63) is 29.8 Å². The van der Waals surface area contributed by atoms with Crippen molar-refractivity contribution >= 4 is 5.91 Å². The van der Waals surface area contributed by atoms with Gasteiger partial charge < -0.3 is 14.7 Å². The van der Waals surface area contributed by atoms with E-state index >= 15 is 0 Å². The number of aliphatic hydroxyl groups is 1. The fraction of sp³-hybridized carbons (Fsp3) is 0.417. The van der Waals surface area contributed by atoms with Gasteiger partial charge in [-0.3, -0.25) is 4.79 Å². The quantitative estimate of drug-likeness (QED) is 0.889. The number of nitrogens with zero attached hydrogens (tertiary/aromatic N) is 1. The molecule has 1 N–H and O–H groups in total. The molecular formula is C12H14F3NO3. The number of benzene rings is 1. The largest absolute Gasteiger partial charge is 0.484 e. The molecule has 19 heavy (non-hydrogen) atoms. The Labute approximate surface area is 108 Å². The maximum Gasteiger partial charge on any atom is 0.406 e. The van der Waals surface area contributed by atoms with Crippen molar-refractivity contribution in [1.82, 2.24) is 4.90 Å². The van der Waals surface area contributed by atoms with Crippen molar-refractivity contribution in [3.63, 3.8) is 0 Å². The third kappa shape index (κ3) is 5.60. The van der Waals surface area contributed by atoms with Crippen molar-refractivity contribution in [2.45, 2.75) is 12.8 Å². The maximum absolute atomic E-state index is 12.1. The van der Waals surface area contributed by atoms with Gasteiger partial charge in [0.05, 0.1) is 6.61 Å². The molecule has 0 heterocycles. The smallest absolute Gasteiger partial charge is 0.406 e. The van der Waals surface area contributed by atoms with Gasteiger partial charge in [-0.2, -0.15) is 13.2 Å². The first kappa shape index (κ1) is 15.3. The van der Waals surface area contributed by atoms with E-state index in [0.717, 1.165) is 7.05 Å². The van der Waals surface area contributed by atoms with Crippen molar-refractivity contribution in [2.75, 3.05) is 20.2 Å². The summed E-state index contributed by atoms with van der Waals surface area (Å²) >= 11 is 0. The van der Waals surface area contributed by atoms with Crippen LogP contribution in [0.2, 0.25) is 0 Å². The summed E-state index contributed by atoms with van der Waals surface area (Å²) in [5, 5.41) is 8.90. The summed E-state index contributed by atoms with van der Waals surface area (Å²) < 4.78 is 41.3. The molecule has 0 aliphatic rings. The summed E-state index contributed by atoms with van der Waals surface area (Å²) in [4.78, 5) is 12.0. The van der Waals surface area contributed by atoms with Crippen LogP contribution in [0.1, 0.15) is 5.56 Å². The number of aliphatic hydroxyl groups excluding tert-OH is 1. The number of amides is 1. The van der Waals surface area contributed by atoms with Crippen LogP contribution in [0.5, 0.6) is 5.75 Å².